The number of hydrogen-bond donors (Lipinski definition) is 1. The predicted octanol–water partition coefficient (Wildman–Crippen LogP) is 3.27. The van der Waals surface area contributed by atoms with Crippen LogP contribution in [0.4, 0.5) is 0 Å². The van der Waals surface area contributed by atoms with Crippen LogP contribution in [0.25, 0.3) is 22.6 Å². The molecule has 0 aliphatic heterocycles. The first kappa shape index (κ1) is 25.2. The Morgan fingerprint density at radius 2 is 1.97 bits per heavy atom. The Kier molecular flexibility index (Phi) is 7.12. The van der Waals surface area contributed by atoms with E-state index in [1.54, 1.807) is 35.2 Å². The number of imidazole rings is 1. The quantitative estimate of drug-likeness (QED) is 0.338. The minimum absolute atomic E-state index is 0.0964. The molecule has 1 aliphatic carbocycles. The van der Waals surface area contributed by atoms with Crippen molar-refractivity contribution in [3.8, 4) is 17.3 Å². The Labute approximate surface area is 218 Å². The standard InChI is InChI=1S/C26H29ClN6O4/c1-16(2)33-23-21(25(35)31(26(33)36)11-4-12-34)32(14-19-9-8-18(27)13-29-19)22(30-23)20-5-3-10-28-24(20)37-15-17-6-7-17/h3,5,8-10,13,16-17,34H,4,6-7,11-12,14-15H2,1-2H3. The van der Waals surface area contributed by atoms with E-state index in [0.717, 1.165) is 12.8 Å². The minimum Gasteiger partial charge on any atom is -0.477 e. The van der Waals surface area contributed by atoms with Gasteiger partial charge in [-0.1, -0.05) is 11.6 Å². The Hall–Kier alpha value is -3.50. The highest BCUT2D eigenvalue weighted by molar-refractivity contribution is 6.30. The zero-order valence-electron chi connectivity index (χ0n) is 20.8. The lowest BCUT2D eigenvalue weighted by Gasteiger charge is -2.15. The molecule has 11 heteroatoms. The number of halogens is 1. The van der Waals surface area contributed by atoms with Gasteiger partial charge in [0.1, 0.15) is 5.82 Å². The van der Waals surface area contributed by atoms with E-state index in [0.29, 0.717) is 40.5 Å². The largest absolute Gasteiger partial charge is 0.477 e. The number of aliphatic hydroxyl groups excluding tert-OH is 1. The third-order valence-corrected chi connectivity index (χ3v) is 6.62. The van der Waals surface area contributed by atoms with E-state index in [1.165, 1.54) is 9.13 Å². The molecule has 4 aromatic rings. The molecule has 5 rings (SSSR count). The second kappa shape index (κ2) is 10.5. The zero-order valence-corrected chi connectivity index (χ0v) is 21.6. The van der Waals surface area contributed by atoms with Crippen LogP contribution >= 0.6 is 11.6 Å². The lowest BCUT2D eigenvalue weighted by atomic mass is 10.2. The number of rotatable bonds is 10. The fourth-order valence-corrected chi connectivity index (χ4v) is 4.44. The Bertz CT molecular complexity index is 1540. The Morgan fingerprint density at radius 1 is 1.16 bits per heavy atom. The highest BCUT2D eigenvalue weighted by Crippen LogP contribution is 2.33. The second-order valence-corrected chi connectivity index (χ2v) is 9.99. The number of aromatic nitrogens is 6. The highest BCUT2D eigenvalue weighted by Gasteiger charge is 2.27. The van der Waals surface area contributed by atoms with Gasteiger partial charge >= 0.3 is 5.69 Å². The summed E-state index contributed by atoms with van der Waals surface area (Å²) in [6.45, 7) is 4.48. The maximum atomic E-state index is 13.8. The van der Waals surface area contributed by atoms with Gasteiger partial charge in [-0.25, -0.2) is 14.8 Å². The molecule has 194 valence electrons. The van der Waals surface area contributed by atoms with Crippen LogP contribution < -0.4 is 16.0 Å². The normalized spacial score (nSPS) is 13.5. The fraction of sp³-hybridized carbons (Fsp3) is 0.423. The van der Waals surface area contributed by atoms with Gasteiger partial charge in [0, 0.05) is 31.6 Å². The van der Waals surface area contributed by atoms with Crippen LogP contribution in [-0.2, 0) is 13.1 Å². The van der Waals surface area contributed by atoms with Crippen molar-refractivity contribution < 1.29 is 9.84 Å². The number of pyridine rings is 2. The molecule has 0 saturated heterocycles. The number of nitrogens with zero attached hydrogens (tertiary/aromatic N) is 6. The van der Waals surface area contributed by atoms with E-state index >= 15 is 0 Å². The molecule has 10 nitrogen and oxygen atoms in total. The van der Waals surface area contributed by atoms with Crippen LogP contribution in [0.2, 0.25) is 5.02 Å². The summed E-state index contributed by atoms with van der Waals surface area (Å²) in [5.41, 5.74) is 0.914. The highest BCUT2D eigenvalue weighted by atomic mass is 35.5. The van der Waals surface area contributed by atoms with Crippen molar-refractivity contribution in [2.75, 3.05) is 13.2 Å². The minimum atomic E-state index is -0.470. The van der Waals surface area contributed by atoms with Gasteiger partial charge in [0.25, 0.3) is 5.56 Å². The molecule has 0 aromatic carbocycles. The van der Waals surface area contributed by atoms with Gasteiger partial charge in [-0.3, -0.25) is 18.9 Å². The van der Waals surface area contributed by atoms with E-state index in [2.05, 4.69) is 9.97 Å². The maximum absolute atomic E-state index is 13.8. The van der Waals surface area contributed by atoms with Crippen molar-refractivity contribution in [3.63, 3.8) is 0 Å². The summed E-state index contributed by atoms with van der Waals surface area (Å²) >= 11 is 6.05. The summed E-state index contributed by atoms with van der Waals surface area (Å²) in [5.74, 6) is 1.40. The molecule has 1 fully saturated rings. The van der Waals surface area contributed by atoms with Gasteiger partial charge in [0.05, 0.1) is 29.4 Å². The first-order valence-corrected chi connectivity index (χ1v) is 12.8. The Morgan fingerprint density at radius 3 is 2.65 bits per heavy atom. The monoisotopic (exact) mass is 524 g/mol. The van der Waals surface area contributed by atoms with E-state index in [-0.39, 0.29) is 43.3 Å². The summed E-state index contributed by atoms with van der Waals surface area (Å²) in [6, 6.07) is 6.90. The number of aliphatic hydroxyl groups is 1. The summed E-state index contributed by atoms with van der Waals surface area (Å²) in [5, 5.41) is 9.87. The van der Waals surface area contributed by atoms with Crippen LogP contribution in [-0.4, -0.2) is 47.0 Å². The van der Waals surface area contributed by atoms with Gasteiger partial charge in [0.2, 0.25) is 5.88 Å². The molecule has 37 heavy (non-hydrogen) atoms. The molecular weight excluding hydrogens is 496 g/mol. The predicted molar refractivity (Wildman–Crippen MR) is 140 cm³/mol. The first-order chi connectivity index (χ1) is 17.9. The third-order valence-electron chi connectivity index (χ3n) is 6.39. The SMILES string of the molecule is CC(C)n1c(=O)n(CCCO)c(=O)c2c1nc(-c1cccnc1OCC1CC1)n2Cc1ccc(Cl)cn1. The lowest BCUT2D eigenvalue weighted by molar-refractivity contribution is 0.277. The molecule has 1 N–H and O–H groups in total. The molecule has 4 heterocycles. The van der Waals surface area contributed by atoms with Crippen molar-refractivity contribution in [3.05, 3.63) is 68.2 Å². The van der Waals surface area contributed by atoms with Crippen molar-refractivity contribution in [1.82, 2.24) is 28.7 Å². The smallest absolute Gasteiger partial charge is 0.332 e. The first-order valence-electron chi connectivity index (χ1n) is 12.4. The van der Waals surface area contributed by atoms with Gasteiger partial charge in [0.15, 0.2) is 11.2 Å². The van der Waals surface area contributed by atoms with Crippen LogP contribution in [0.5, 0.6) is 5.88 Å². The van der Waals surface area contributed by atoms with Crippen LogP contribution in [0.1, 0.15) is 44.8 Å². The number of hydrogen-bond acceptors (Lipinski definition) is 7. The molecule has 4 aromatic heterocycles. The molecule has 0 unspecified atom stereocenters. The van der Waals surface area contributed by atoms with E-state index < -0.39 is 11.2 Å². The van der Waals surface area contributed by atoms with Crippen LogP contribution in [0, 0.1) is 5.92 Å². The summed E-state index contributed by atoms with van der Waals surface area (Å²) < 4.78 is 10.5. The fourth-order valence-electron chi connectivity index (χ4n) is 4.32. The summed E-state index contributed by atoms with van der Waals surface area (Å²) in [7, 11) is 0. The summed E-state index contributed by atoms with van der Waals surface area (Å²) in [6.07, 6.45) is 5.76. The molecule has 0 radical (unpaired) electrons. The van der Waals surface area contributed by atoms with Gasteiger partial charge in [-0.2, -0.15) is 0 Å². The van der Waals surface area contributed by atoms with Crippen molar-refractivity contribution in [1.29, 1.82) is 0 Å². The number of fused-ring (bicyclic) bond motifs is 1. The molecular formula is C26H29ClN6O4. The van der Waals surface area contributed by atoms with Crippen molar-refractivity contribution in [2.24, 2.45) is 5.92 Å². The summed E-state index contributed by atoms with van der Waals surface area (Å²) in [4.78, 5) is 40.9. The second-order valence-electron chi connectivity index (χ2n) is 9.55. The topological polar surface area (TPSA) is 117 Å². The van der Waals surface area contributed by atoms with Crippen molar-refractivity contribution >= 4 is 22.8 Å². The Balaban J connectivity index is 1.78. The average molecular weight is 525 g/mol. The van der Waals surface area contributed by atoms with Gasteiger partial charge in [-0.15, -0.1) is 0 Å². The average Bonchev–Trinajstić information content (AvgIpc) is 3.64. The zero-order chi connectivity index (χ0) is 26.1. The molecule has 1 saturated carbocycles. The van der Waals surface area contributed by atoms with E-state index in [1.807, 2.05) is 19.9 Å². The van der Waals surface area contributed by atoms with Crippen LogP contribution in [0.15, 0.2) is 46.2 Å². The molecule has 0 amide bonds. The molecule has 0 spiro atoms. The van der Waals surface area contributed by atoms with E-state index in [4.69, 9.17) is 21.3 Å². The molecule has 0 bridgehead atoms. The van der Waals surface area contributed by atoms with Crippen molar-refractivity contribution in [2.45, 2.75) is 52.2 Å². The van der Waals surface area contributed by atoms with Gasteiger partial charge in [-0.05, 0) is 63.3 Å². The number of ether oxygens (including phenoxy) is 1. The molecule has 0 atom stereocenters. The lowest BCUT2D eigenvalue weighted by Crippen LogP contribution is -2.41. The van der Waals surface area contributed by atoms with E-state index in [9.17, 15) is 14.7 Å². The molecule has 1 aliphatic rings. The van der Waals surface area contributed by atoms with Crippen LogP contribution in [0.3, 0.4) is 0 Å². The maximum Gasteiger partial charge on any atom is 0.332 e. The van der Waals surface area contributed by atoms with Gasteiger partial charge < -0.3 is 14.4 Å². The third kappa shape index (κ3) is 5.03.